The van der Waals surface area contributed by atoms with Gasteiger partial charge >= 0.3 is 5.97 Å². The van der Waals surface area contributed by atoms with Crippen LogP contribution < -0.4 is 5.32 Å². The van der Waals surface area contributed by atoms with Crippen molar-refractivity contribution in [1.82, 2.24) is 19.4 Å². The molecule has 0 spiro atoms. The zero-order valence-corrected chi connectivity index (χ0v) is 15.7. The largest absolute Gasteiger partial charge is 0.465 e. The quantitative estimate of drug-likeness (QED) is 0.540. The molecule has 7 nitrogen and oxygen atoms in total. The maximum absolute atomic E-state index is 12.0. The highest BCUT2D eigenvalue weighted by atomic mass is 16.5. The number of carbonyl (C=O) groups is 1. The first-order valence-electron chi connectivity index (χ1n) is 8.68. The molecule has 0 saturated carbocycles. The minimum atomic E-state index is -0.384. The number of anilines is 1. The van der Waals surface area contributed by atoms with Gasteiger partial charge in [-0.1, -0.05) is 0 Å². The highest BCUT2D eigenvalue weighted by molar-refractivity contribution is 5.96. The Morgan fingerprint density at radius 1 is 1.26 bits per heavy atom. The highest BCUT2D eigenvalue weighted by Gasteiger charge is 2.22. The van der Waals surface area contributed by atoms with E-state index < -0.39 is 0 Å². The van der Waals surface area contributed by atoms with Gasteiger partial charge in [0, 0.05) is 35.1 Å². The van der Waals surface area contributed by atoms with Crippen molar-refractivity contribution in [3.63, 3.8) is 0 Å². The Balaban J connectivity index is 1.99. The van der Waals surface area contributed by atoms with Gasteiger partial charge in [0.1, 0.15) is 22.8 Å². The number of esters is 1. The molecule has 0 fully saturated rings. The average molecular weight is 363 g/mol. The SMILES string of the molecule is COC(=O)c1ccc2nc(-c3c[nH]c4ncccc34)c(NC(C)(C)C)n2c1. The maximum Gasteiger partial charge on any atom is 0.339 e. The molecule has 138 valence electrons. The third-order valence-electron chi connectivity index (χ3n) is 4.24. The van der Waals surface area contributed by atoms with Crippen molar-refractivity contribution < 1.29 is 9.53 Å². The summed E-state index contributed by atoms with van der Waals surface area (Å²) in [4.78, 5) is 24.4. The first-order valence-corrected chi connectivity index (χ1v) is 8.68. The number of fused-ring (bicyclic) bond motifs is 2. The van der Waals surface area contributed by atoms with Gasteiger partial charge in [0.05, 0.1) is 12.7 Å². The summed E-state index contributed by atoms with van der Waals surface area (Å²) in [6.45, 7) is 6.24. The summed E-state index contributed by atoms with van der Waals surface area (Å²) in [6, 6.07) is 7.45. The predicted octanol–water partition coefficient (Wildman–Crippen LogP) is 3.87. The van der Waals surface area contributed by atoms with Gasteiger partial charge in [-0.2, -0.15) is 0 Å². The van der Waals surface area contributed by atoms with Crippen LogP contribution in [-0.2, 0) is 4.74 Å². The molecule has 7 heteroatoms. The first-order chi connectivity index (χ1) is 12.9. The van der Waals surface area contributed by atoms with Crippen molar-refractivity contribution in [2.24, 2.45) is 0 Å². The van der Waals surface area contributed by atoms with E-state index >= 15 is 0 Å². The second-order valence-electron chi connectivity index (χ2n) is 7.42. The van der Waals surface area contributed by atoms with Crippen molar-refractivity contribution in [2.75, 3.05) is 12.4 Å². The number of nitrogens with zero attached hydrogens (tertiary/aromatic N) is 3. The highest BCUT2D eigenvalue weighted by Crippen LogP contribution is 2.35. The molecule has 0 amide bonds. The summed E-state index contributed by atoms with van der Waals surface area (Å²) < 4.78 is 6.75. The number of ether oxygens (including phenoxy) is 1. The molecule has 0 unspecified atom stereocenters. The van der Waals surface area contributed by atoms with E-state index in [1.807, 2.05) is 28.8 Å². The minimum Gasteiger partial charge on any atom is -0.465 e. The molecule has 0 bridgehead atoms. The van der Waals surface area contributed by atoms with E-state index in [0.29, 0.717) is 5.56 Å². The summed E-state index contributed by atoms with van der Waals surface area (Å²) in [5.41, 5.74) is 3.56. The van der Waals surface area contributed by atoms with Crippen LogP contribution in [0.15, 0.2) is 42.9 Å². The number of aromatic nitrogens is 4. The number of imidazole rings is 1. The molecule has 0 aliphatic rings. The van der Waals surface area contributed by atoms with E-state index in [0.717, 1.165) is 33.8 Å². The summed E-state index contributed by atoms with van der Waals surface area (Å²) in [6.07, 6.45) is 5.41. The van der Waals surface area contributed by atoms with Crippen molar-refractivity contribution in [3.8, 4) is 11.3 Å². The molecule has 4 aromatic heterocycles. The molecular formula is C20H21N5O2. The maximum atomic E-state index is 12.0. The Kier molecular flexibility index (Phi) is 3.87. The van der Waals surface area contributed by atoms with Gasteiger partial charge in [-0.15, -0.1) is 0 Å². The van der Waals surface area contributed by atoms with Crippen LogP contribution in [0.1, 0.15) is 31.1 Å². The smallest absolute Gasteiger partial charge is 0.339 e. The Morgan fingerprint density at radius 3 is 2.81 bits per heavy atom. The topological polar surface area (TPSA) is 84.3 Å². The van der Waals surface area contributed by atoms with Crippen LogP contribution >= 0.6 is 0 Å². The first kappa shape index (κ1) is 17.1. The van der Waals surface area contributed by atoms with Crippen molar-refractivity contribution in [2.45, 2.75) is 26.3 Å². The van der Waals surface area contributed by atoms with E-state index in [9.17, 15) is 4.79 Å². The van der Waals surface area contributed by atoms with Gasteiger partial charge in [0.15, 0.2) is 0 Å². The number of carbonyl (C=O) groups excluding carboxylic acids is 1. The molecule has 2 N–H and O–H groups in total. The Hall–Kier alpha value is -3.35. The average Bonchev–Trinajstić information content (AvgIpc) is 3.21. The van der Waals surface area contributed by atoms with Gasteiger partial charge in [-0.3, -0.25) is 4.40 Å². The van der Waals surface area contributed by atoms with Gasteiger partial charge in [-0.05, 0) is 45.0 Å². The fraction of sp³-hybridized carbons (Fsp3) is 0.250. The van der Waals surface area contributed by atoms with Gasteiger partial charge in [-0.25, -0.2) is 14.8 Å². The summed E-state index contributed by atoms with van der Waals surface area (Å²) in [5, 5.41) is 4.52. The van der Waals surface area contributed by atoms with Crippen molar-refractivity contribution in [1.29, 1.82) is 0 Å². The number of hydrogen-bond acceptors (Lipinski definition) is 5. The lowest BCUT2D eigenvalue weighted by atomic mass is 10.1. The summed E-state index contributed by atoms with van der Waals surface area (Å²) in [5.74, 6) is 0.429. The van der Waals surface area contributed by atoms with Crippen LogP contribution in [0.25, 0.3) is 27.9 Å². The monoisotopic (exact) mass is 363 g/mol. The molecule has 4 rings (SSSR count). The van der Waals surface area contributed by atoms with E-state index in [4.69, 9.17) is 9.72 Å². The number of rotatable bonds is 3. The lowest BCUT2D eigenvalue weighted by molar-refractivity contribution is 0.0600. The number of hydrogen-bond donors (Lipinski definition) is 2. The van der Waals surface area contributed by atoms with Gasteiger partial charge in [0.2, 0.25) is 0 Å². The molecular weight excluding hydrogens is 342 g/mol. The zero-order valence-electron chi connectivity index (χ0n) is 15.7. The molecule has 0 aliphatic heterocycles. The van der Waals surface area contributed by atoms with E-state index in [1.54, 1.807) is 18.5 Å². The summed E-state index contributed by atoms with van der Waals surface area (Å²) in [7, 11) is 1.37. The molecule has 0 saturated heterocycles. The van der Waals surface area contributed by atoms with Crippen LogP contribution in [-0.4, -0.2) is 38.0 Å². The third-order valence-corrected chi connectivity index (χ3v) is 4.24. The molecule has 27 heavy (non-hydrogen) atoms. The minimum absolute atomic E-state index is 0.198. The van der Waals surface area contributed by atoms with Crippen LogP contribution in [0.2, 0.25) is 0 Å². The second-order valence-corrected chi connectivity index (χ2v) is 7.42. The van der Waals surface area contributed by atoms with E-state index in [-0.39, 0.29) is 11.5 Å². The third kappa shape index (κ3) is 3.01. The van der Waals surface area contributed by atoms with Crippen LogP contribution in [0, 0.1) is 0 Å². The van der Waals surface area contributed by atoms with Crippen LogP contribution in [0.3, 0.4) is 0 Å². The number of nitrogens with one attached hydrogen (secondary N) is 2. The molecule has 0 aliphatic carbocycles. The number of H-pyrrole nitrogens is 1. The van der Waals surface area contributed by atoms with Gasteiger partial charge < -0.3 is 15.0 Å². The molecule has 0 aromatic carbocycles. The Morgan fingerprint density at radius 2 is 2.07 bits per heavy atom. The molecule has 0 radical (unpaired) electrons. The van der Waals surface area contributed by atoms with Gasteiger partial charge in [0.25, 0.3) is 0 Å². The Labute approximate surface area is 156 Å². The zero-order chi connectivity index (χ0) is 19.2. The fourth-order valence-corrected chi connectivity index (χ4v) is 3.10. The molecule has 4 aromatic rings. The van der Waals surface area contributed by atoms with Crippen LogP contribution in [0.5, 0.6) is 0 Å². The van der Waals surface area contributed by atoms with Crippen molar-refractivity contribution >= 4 is 28.5 Å². The summed E-state index contributed by atoms with van der Waals surface area (Å²) >= 11 is 0. The normalized spacial score (nSPS) is 11.9. The van der Waals surface area contributed by atoms with E-state index in [2.05, 4.69) is 36.1 Å². The molecule has 0 atom stereocenters. The number of methoxy groups -OCH3 is 1. The van der Waals surface area contributed by atoms with Crippen molar-refractivity contribution in [3.05, 3.63) is 48.4 Å². The lowest BCUT2D eigenvalue weighted by Gasteiger charge is -2.22. The van der Waals surface area contributed by atoms with E-state index in [1.165, 1.54) is 7.11 Å². The number of pyridine rings is 2. The standard InChI is InChI=1S/C20H21N5O2/c1-20(2,3)24-18-16(14-10-22-17-13(14)6-5-9-21-17)23-15-8-7-12(11-25(15)18)19(26)27-4/h5-11,24H,1-4H3,(H,21,22). The number of aromatic amines is 1. The second kappa shape index (κ2) is 6.12. The van der Waals surface area contributed by atoms with Crippen LogP contribution in [0.4, 0.5) is 5.82 Å². The predicted molar refractivity (Wildman–Crippen MR) is 105 cm³/mol. The molecule has 4 heterocycles. The lowest BCUT2D eigenvalue weighted by Crippen LogP contribution is -2.27. The fourth-order valence-electron chi connectivity index (χ4n) is 3.10. The Bertz CT molecular complexity index is 1150.